The van der Waals surface area contributed by atoms with Gasteiger partial charge in [0, 0.05) is 35.0 Å². The fraction of sp³-hybridized carbons (Fsp3) is 0.130. The molecule has 30 heavy (non-hydrogen) atoms. The summed E-state index contributed by atoms with van der Waals surface area (Å²) in [7, 11) is 0. The van der Waals surface area contributed by atoms with Crippen molar-refractivity contribution in [3.05, 3.63) is 88.1 Å². The Morgan fingerprint density at radius 1 is 1.07 bits per heavy atom. The van der Waals surface area contributed by atoms with Gasteiger partial charge in [0.2, 0.25) is 0 Å². The molecule has 0 aliphatic rings. The van der Waals surface area contributed by atoms with Gasteiger partial charge < -0.3 is 15.8 Å². The zero-order chi connectivity index (χ0) is 21.0. The van der Waals surface area contributed by atoms with Crippen LogP contribution in [0.15, 0.2) is 60.8 Å². The molecule has 0 spiro atoms. The van der Waals surface area contributed by atoms with Gasteiger partial charge in [0.25, 0.3) is 5.91 Å². The molecule has 3 N–H and O–H groups in total. The molecule has 0 atom stereocenters. The van der Waals surface area contributed by atoms with Crippen molar-refractivity contribution in [2.75, 3.05) is 5.32 Å². The number of phenolic OH excluding ortho intramolecular Hbond substituents is 1. The molecule has 0 radical (unpaired) electrons. The highest BCUT2D eigenvalue weighted by Crippen LogP contribution is 2.24. The summed E-state index contributed by atoms with van der Waals surface area (Å²) in [6.45, 7) is 1.67. The van der Waals surface area contributed by atoms with Gasteiger partial charge in [-0.05, 0) is 36.8 Å². The SMILES string of the molecule is C.CC(=N)c1ccc(C(=O)Cc2c(O)cccc2C(=O)Nc2ccc(Cl)cn2)cc1. The minimum absolute atomic E-state index is 0. The maximum absolute atomic E-state index is 12.7. The Balaban J connectivity index is 0.00000320. The summed E-state index contributed by atoms with van der Waals surface area (Å²) >= 11 is 5.80. The maximum atomic E-state index is 12.7. The van der Waals surface area contributed by atoms with E-state index in [1.807, 2.05) is 0 Å². The number of hydrogen-bond donors (Lipinski definition) is 3. The standard InChI is InChI=1S/C22H18ClN3O3.CH4/c1-13(24)14-5-7-15(8-6-14)20(28)11-18-17(3-2-4-19(18)27)22(29)26-21-10-9-16(23)12-25-21;/h2-10,12,24,27H,11H2,1H3,(H,25,26,29);1H4. The van der Waals surface area contributed by atoms with Crippen molar-refractivity contribution >= 4 is 34.8 Å². The number of pyridine rings is 1. The van der Waals surface area contributed by atoms with Crippen molar-refractivity contribution in [1.29, 1.82) is 5.41 Å². The van der Waals surface area contributed by atoms with Gasteiger partial charge in [0.1, 0.15) is 11.6 Å². The second kappa shape index (κ2) is 9.80. The van der Waals surface area contributed by atoms with E-state index in [2.05, 4.69) is 10.3 Å². The number of hydrogen-bond acceptors (Lipinski definition) is 5. The first-order chi connectivity index (χ1) is 13.8. The quantitative estimate of drug-likeness (QED) is 0.377. The molecule has 0 fully saturated rings. The number of anilines is 1. The molecular weight excluding hydrogens is 402 g/mol. The molecule has 0 aliphatic carbocycles. The predicted molar refractivity (Wildman–Crippen MR) is 119 cm³/mol. The predicted octanol–water partition coefficient (Wildman–Crippen LogP) is 5.14. The monoisotopic (exact) mass is 423 g/mol. The van der Waals surface area contributed by atoms with Crippen LogP contribution in [0, 0.1) is 5.41 Å². The van der Waals surface area contributed by atoms with Crippen LogP contribution >= 0.6 is 11.6 Å². The number of amides is 1. The number of ketones is 1. The molecule has 1 heterocycles. The summed E-state index contributed by atoms with van der Waals surface area (Å²) in [5.41, 5.74) is 1.97. The van der Waals surface area contributed by atoms with E-state index < -0.39 is 5.91 Å². The minimum atomic E-state index is -0.492. The second-order valence-electron chi connectivity index (χ2n) is 6.42. The van der Waals surface area contributed by atoms with E-state index in [9.17, 15) is 14.7 Å². The lowest BCUT2D eigenvalue weighted by Crippen LogP contribution is -2.17. The molecule has 0 saturated carbocycles. The third-order valence-corrected chi connectivity index (χ3v) is 4.57. The molecule has 1 amide bonds. The Bertz CT molecular complexity index is 1080. The highest BCUT2D eigenvalue weighted by Gasteiger charge is 2.19. The zero-order valence-electron chi connectivity index (χ0n) is 15.6. The number of rotatable bonds is 6. The van der Waals surface area contributed by atoms with Crippen LogP contribution in [0.2, 0.25) is 5.02 Å². The smallest absolute Gasteiger partial charge is 0.257 e. The number of aromatic nitrogens is 1. The van der Waals surface area contributed by atoms with Gasteiger partial charge in [-0.15, -0.1) is 0 Å². The van der Waals surface area contributed by atoms with Crippen LogP contribution in [0.3, 0.4) is 0 Å². The molecule has 3 aromatic rings. The lowest BCUT2D eigenvalue weighted by molar-refractivity contribution is 0.0991. The summed E-state index contributed by atoms with van der Waals surface area (Å²) in [6.07, 6.45) is 1.26. The molecule has 2 aromatic carbocycles. The molecule has 0 unspecified atom stereocenters. The van der Waals surface area contributed by atoms with Crippen molar-refractivity contribution in [2.24, 2.45) is 0 Å². The summed E-state index contributed by atoms with van der Waals surface area (Å²) in [6, 6.07) is 14.3. The van der Waals surface area contributed by atoms with E-state index in [0.29, 0.717) is 22.1 Å². The van der Waals surface area contributed by atoms with E-state index in [1.54, 1.807) is 43.3 Å². The average molecular weight is 424 g/mol. The third kappa shape index (κ3) is 5.30. The summed E-state index contributed by atoms with van der Waals surface area (Å²) < 4.78 is 0. The lowest BCUT2D eigenvalue weighted by atomic mass is 9.96. The second-order valence-corrected chi connectivity index (χ2v) is 6.86. The van der Waals surface area contributed by atoms with Crippen molar-refractivity contribution < 1.29 is 14.7 Å². The topological polar surface area (TPSA) is 103 Å². The minimum Gasteiger partial charge on any atom is -0.508 e. The summed E-state index contributed by atoms with van der Waals surface area (Å²) in [5, 5.41) is 21.0. The van der Waals surface area contributed by atoms with Crippen LogP contribution in [0.25, 0.3) is 0 Å². The Hall–Kier alpha value is -3.51. The summed E-state index contributed by atoms with van der Waals surface area (Å²) in [4.78, 5) is 29.4. The average Bonchev–Trinajstić information content (AvgIpc) is 2.71. The van der Waals surface area contributed by atoms with Crippen LogP contribution in [0.1, 0.15) is 46.2 Å². The highest BCUT2D eigenvalue weighted by molar-refractivity contribution is 6.30. The lowest BCUT2D eigenvalue weighted by Gasteiger charge is -2.11. The van der Waals surface area contributed by atoms with Crippen LogP contribution in [0.5, 0.6) is 5.75 Å². The summed E-state index contributed by atoms with van der Waals surface area (Å²) in [5.74, 6) is -0.577. The van der Waals surface area contributed by atoms with Crippen molar-refractivity contribution in [1.82, 2.24) is 4.98 Å². The fourth-order valence-electron chi connectivity index (χ4n) is 2.78. The number of aromatic hydroxyl groups is 1. The number of phenols is 1. The van der Waals surface area contributed by atoms with E-state index in [-0.39, 0.29) is 36.5 Å². The van der Waals surface area contributed by atoms with Crippen LogP contribution in [-0.2, 0) is 6.42 Å². The number of carbonyl (C=O) groups excluding carboxylic acids is 2. The Kier molecular flexibility index (Phi) is 7.44. The third-order valence-electron chi connectivity index (χ3n) is 4.34. The molecule has 3 rings (SSSR count). The van der Waals surface area contributed by atoms with E-state index in [0.717, 1.165) is 5.56 Å². The van der Waals surface area contributed by atoms with Crippen LogP contribution in [-0.4, -0.2) is 27.5 Å². The largest absolute Gasteiger partial charge is 0.508 e. The first-order valence-electron chi connectivity index (χ1n) is 8.77. The molecule has 1 aromatic heterocycles. The van der Waals surface area contributed by atoms with Gasteiger partial charge in [-0.1, -0.05) is 49.4 Å². The van der Waals surface area contributed by atoms with Gasteiger partial charge in [-0.2, -0.15) is 0 Å². The Morgan fingerprint density at radius 3 is 2.33 bits per heavy atom. The first kappa shape index (κ1) is 22.8. The molecule has 0 aliphatic heterocycles. The van der Waals surface area contributed by atoms with Gasteiger partial charge in [0.05, 0.1) is 5.02 Å². The number of nitrogens with zero attached hydrogens (tertiary/aromatic N) is 1. The first-order valence-corrected chi connectivity index (χ1v) is 9.15. The van der Waals surface area contributed by atoms with E-state index in [1.165, 1.54) is 24.4 Å². The number of Topliss-reactive ketones (excluding diaryl/α,β-unsaturated/α-hetero) is 1. The van der Waals surface area contributed by atoms with Crippen molar-refractivity contribution in [3.63, 3.8) is 0 Å². The number of carbonyl (C=O) groups is 2. The highest BCUT2D eigenvalue weighted by atomic mass is 35.5. The zero-order valence-corrected chi connectivity index (χ0v) is 16.3. The number of halogens is 1. The van der Waals surface area contributed by atoms with Crippen LogP contribution < -0.4 is 5.32 Å². The van der Waals surface area contributed by atoms with Gasteiger partial charge >= 0.3 is 0 Å². The Morgan fingerprint density at radius 2 is 1.73 bits per heavy atom. The van der Waals surface area contributed by atoms with Crippen molar-refractivity contribution in [2.45, 2.75) is 20.8 Å². The van der Waals surface area contributed by atoms with Crippen molar-refractivity contribution in [3.8, 4) is 5.75 Å². The van der Waals surface area contributed by atoms with Crippen LogP contribution in [0.4, 0.5) is 5.82 Å². The van der Waals surface area contributed by atoms with E-state index in [4.69, 9.17) is 17.0 Å². The van der Waals surface area contributed by atoms with Gasteiger partial charge in [0.15, 0.2) is 5.78 Å². The maximum Gasteiger partial charge on any atom is 0.257 e. The molecule has 6 nitrogen and oxygen atoms in total. The molecule has 0 bridgehead atoms. The normalized spacial score (nSPS) is 10.1. The van der Waals surface area contributed by atoms with Gasteiger partial charge in [-0.25, -0.2) is 4.98 Å². The Labute approximate surface area is 180 Å². The van der Waals surface area contributed by atoms with Gasteiger partial charge in [-0.3, -0.25) is 9.59 Å². The molecule has 0 saturated heterocycles. The fourth-order valence-corrected chi connectivity index (χ4v) is 2.89. The van der Waals surface area contributed by atoms with E-state index >= 15 is 0 Å². The molecule has 154 valence electrons. The molecular formula is C23H22ClN3O3. The molecule has 7 heteroatoms. The number of benzene rings is 2. The number of nitrogens with one attached hydrogen (secondary N) is 2.